The zero-order chi connectivity index (χ0) is 19.4. The van der Waals surface area contributed by atoms with Gasteiger partial charge in [0.15, 0.2) is 0 Å². The highest BCUT2D eigenvalue weighted by atomic mass is 35.5. The van der Waals surface area contributed by atoms with Crippen LogP contribution in [0.15, 0.2) is 18.2 Å². The van der Waals surface area contributed by atoms with Gasteiger partial charge < -0.3 is 19.9 Å². The third kappa shape index (κ3) is 4.38. The highest BCUT2D eigenvalue weighted by Gasteiger charge is 2.49. The van der Waals surface area contributed by atoms with E-state index in [4.69, 9.17) is 16.3 Å². The minimum atomic E-state index is -0.425. The summed E-state index contributed by atoms with van der Waals surface area (Å²) < 4.78 is 5.10. The SMILES string of the molecule is COCCCN1CCCC2(CCN(C(=O)Nc3cc(Cl)ccc3C)C2)C1=O. The van der Waals surface area contributed by atoms with Crippen LogP contribution in [0.3, 0.4) is 0 Å². The minimum Gasteiger partial charge on any atom is -0.385 e. The molecule has 2 heterocycles. The van der Waals surface area contributed by atoms with Crippen molar-refractivity contribution in [2.75, 3.05) is 45.2 Å². The van der Waals surface area contributed by atoms with E-state index in [2.05, 4.69) is 5.32 Å². The molecular weight excluding hydrogens is 366 g/mol. The van der Waals surface area contributed by atoms with Crippen molar-refractivity contribution in [3.63, 3.8) is 0 Å². The summed E-state index contributed by atoms with van der Waals surface area (Å²) in [6.45, 7) is 5.20. The van der Waals surface area contributed by atoms with E-state index < -0.39 is 5.41 Å². The molecule has 2 aliphatic heterocycles. The molecule has 3 amide bonds. The Morgan fingerprint density at radius 1 is 1.33 bits per heavy atom. The molecule has 27 heavy (non-hydrogen) atoms. The summed E-state index contributed by atoms with van der Waals surface area (Å²) in [5.74, 6) is 0.194. The van der Waals surface area contributed by atoms with Crippen LogP contribution in [0, 0.1) is 12.3 Å². The summed E-state index contributed by atoms with van der Waals surface area (Å²) in [5, 5.41) is 3.53. The van der Waals surface area contributed by atoms with Gasteiger partial charge in [-0.05, 0) is 50.3 Å². The summed E-state index contributed by atoms with van der Waals surface area (Å²) in [5.41, 5.74) is 1.25. The van der Waals surface area contributed by atoms with Crippen LogP contribution in [0.2, 0.25) is 5.02 Å². The number of likely N-dealkylation sites (tertiary alicyclic amines) is 2. The van der Waals surface area contributed by atoms with Gasteiger partial charge in [-0.2, -0.15) is 0 Å². The molecule has 148 valence electrons. The van der Waals surface area contributed by atoms with E-state index >= 15 is 0 Å². The van der Waals surface area contributed by atoms with E-state index in [1.165, 1.54) is 0 Å². The Labute approximate surface area is 165 Å². The molecule has 1 spiro atoms. The van der Waals surface area contributed by atoms with Gasteiger partial charge in [-0.25, -0.2) is 4.79 Å². The van der Waals surface area contributed by atoms with Crippen LogP contribution in [-0.4, -0.2) is 61.6 Å². The number of urea groups is 1. The molecule has 2 aliphatic rings. The fraction of sp³-hybridized carbons (Fsp3) is 0.600. The van der Waals surface area contributed by atoms with E-state index in [0.29, 0.717) is 30.4 Å². The monoisotopic (exact) mass is 393 g/mol. The lowest BCUT2D eigenvalue weighted by molar-refractivity contribution is -0.145. The predicted molar refractivity (Wildman–Crippen MR) is 106 cm³/mol. The molecule has 1 atom stereocenters. The maximum absolute atomic E-state index is 13.1. The standard InChI is InChI=1S/C20H28ClN3O3/c1-15-5-6-16(21)13-17(15)22-19(26)24-11-8-20(14-24)7-3-9-23(18(20)25)10-4-12-27-2/h5-6,13H,3-4,7-12,14H2,1-2H3,(H,22,26). The van der Waals surface area contributed by atoms with Gasteiger partial charge in [0.1, 0.15) is 0 Å². The Kier molecular flexibility index (Phi) is 6.27. The number of halogens is 1. The van der Waals surface area contributed by atoms with Gasteiger partial charge >= 0.3 is 6.03 Å². The molecule has 6 nitrogen and oxygen atoms in total. The largest absolute Gasteiger partial charge is 0.385 e. The van der Waals surface area contributed by atoms with E-state index in [0.717, 1.165) is 44.3 Å². The average molecular weight is 394 g/mol. The van der Waals surface area contributed by atoms with Gasteiger partial charge in [0.05, 0.1) is 5.41 Å². The van der Waals surface area contributed by atoms with Crippen LogP contribution >= 0.6 is 11.6 Å². The van der Waals surface area contributed by atoms with Gasteiger partial charge in [0.25, 0.3) is 0 Å². The highest BCUT2D eigenvalue weighted by molar-refractivity contribution is 6.31. The molecule has 1 N–H and O–H groups in total. The number of amides is 3. The van der Waals surface area contributed by atoms with E-state index in [1.54, 1.807) is 24.1 Å². The van der Waals surface area contributed by atoms with E-state index in [-0.39, 0.29) is 11.9 Å². The number of rotatable bonds is 5. The number of hydrogen-bond acceptors (Lipinski definition) is 3. The third-order valence-electron chi connectivity index (χ3n) is 5.68. The first-order chi connectivity index (χ1) is 12.9. The lowest BCUT2D eigenvalue weighted by Gasteiger charge is -2.39. The molecule has 7 heteroatoms. The Morgan fingerprint density at radius 2 is 2.15 bits per heavy atom. The number of anilines is 1. The number of carbonyl (C=O) groups excluding carboxylic acids is 2. The average Bonchev–Trinajstić information content (AvgIpc) is 3.07. The number of hydrogen-bond donors (Lipinski definition) is 1. The first kappa shape index (κ1) is 20.0. The molecule has 0 bridgehead atoms. The highest BCUT2D eigenvalue weighted by Crippen LogP contribution is 2.40. The van der Waals surface area contributed by atoms with Crippen molar-refractivity contribution in [1.29, 1.82) is 0 Å². The van der Waals surface area contributed by atoms with Gasteiger partial charge in [0.2, 0.25) is 5.91 Å². The number of piperidine rings is 1. The van der Waals surface area contributed by atoms with E-state index in [1.807, 2.05) is 17.9 Å². The smallest absolute Gasteiger partial charge is 0.321 e. The number of ether oxygens (including phenoxy) is 1. The second-order valence-electron chi connectivity index (χ2n) is 7.58. The van der Waals surface area contributed by atoms with Crippen molar-refractivity contribution in [1.82, 2.24) is 9.80 Å². The van der Waals surface area contributed by atoms with E-state index in [9.17, 15) is 9.59 Å². The van der Waals surface area contributed by atoms with Gasteiger partial charge in [-0.1, -0.05) is 17.7 Å². The molecule has 0 aromatic heterocycles. The molecular formula is C20H28ClN3O3. The molecule has 0 radical (unpaired) electrons. The molecule has 1 aromatic rings. The summed E-state index contributed by atoms with van der Waals surface area (Å²) in [7, 11) is 1.68. The fourth-order valence-corrected chi connectivity index (χ4v) is 4.28. The molecule has 3 rings (SSSR count). The van der Waals surface area contributed by atoms with Crippen molar-refractivity contribution >= 4 is 29.2 Å². The topological polar surface area (TPSA) is 61.9 Å². The van der Waals surface area contributed by atoms with Crippen LogP contribution in [-0.2, 0) is 9.53 Å². The van der Waals surface area contributed by atoms with Crippen LogP contribution in [0.25, 0.3) is 0 Å². The second kappa shape index (κ2) is 8.48. The minimum absolute atomic E-state index is 0.165. The van der Waals surface area contributed by atoms with Crippen molar-refractivity contribution in [2.24, 2.45) is 5.41 Å². The second-order valence-corrected chi connectivity index (χ2v) is 8.02. The first-order valence-electron chi connectivity index (χ1n) is 9.55. The van der Waals surface area contributed by atoms with Gasteiger partial charge in [0, 0.05) is 50.6 Å². The van der Waals surface area contributed by atoms with Crippen LogP contribution in [0.1, 0.15) is 31.2 Å². The molecule has 2 saturated heterocycles. The number of benzene rings is 1. The Balaban J connectivity index is 1.63. The lowest BCUT2D eigenvalue weighted by Crippen LogP contribution is -2.51. The maximum atomic E-state index is 13.1. The Bertz CT molecular complexity index is 712. The number of methoxy groups -OCH3 is 1. The fourth-order valence-electron chi connectivity index (χ4n) is 4.11. The van der Waals surface area contributed by atoms with Crippen LogP contribution in [0.4, 0.5) is 10.5 Å². The number of nitrogens with one attached hydrogen (secondary N) is 1. The molecule has 1 aromatic carbocycles. The third-order valence-corrected chi connectivity index (χ3v) is 5.92. The summed E-state index contributed by atoms with van der Waals surface area (Å²) in [6, 6.07) is 5.27. The van der Waals surface area contributed by atoms with Gasteiger partial charge in [-0.3, -0.25) is 4.79 Å². The Hall–Kier alpha value is -1.79. The van der Waals surface area contributed by atoms with Crippen LogP contribution in [0.5, 0.6) is 0 Å². The zero-order valence-corrected chi connectivity index (χ0v) is 16.8. The Morgan fingerprint density at radius 3 is 2.93 bits per heavy atom. The number of aryl methyl sites for hydroxylation is 1. The maximum Gasteiger partial charge on any atom is 0.321 e. The molecule has 0 aliphatic carbocycles. The summed E-state index contributed by atoms with van der Waals surface area (Å²) >= 11 is 6.04. The van der Waals surface area contributed by atoms with Crippen LogP contribution < -0.4 is 5.32 Å². The molecule has 2 fully saturated rings. The normalized spacial score (nSPS) is 22.6. The van der Waals surface area contributed by atoms with Crippen molar-refractivity contribution in [2.45, 2.75) is 32.6 Å². The number of nitrogens with zero attached hydrogens (tertiary/aromatic N) is 2. The molecule has 0 saturated carbocycles. The summed E-state index contributed by atoms with van der Waals surface area (Å²) in [6.07, 6.45) is 3.42. The van der Waals surface area contributed by atoms with Gasteiger partial charge in [-0.15, -0.1) is 0 Å². The summed E-state index contributed by atoms with van der Waals surface area (Å²) in [4.78, 5) is 29.5. The zero-order valence-electron chi connectivity index (χ0n) is 16.1. The predicted octanol–water partition coefficient (Wildman–Crippen LogP) is 3.53. The lowest BCUT2D eigenvalue weighted by atomic mass is 9.78. The van der Waals surface area contributed by atoms with Crippen molar-refractivity contribution < 1.29 is 14.3 Å². The number of carbonyl (C=O) groups is 2. The molecule has 1 unspecified atom stereocenters. The van der Waals surface area contributed by atoms with Crippen molar-refractivity contribution in [3.8, 4) is 0 Å². The quantitative estimate of drug-likeness (QED) is 0.778. The first-order valence-corrected chi connectivity index (χ1v) is 9.93. The van der Waals surface area contributed by atoms with Crippen molar-refractivity contribution in [3.05, 3.63) is 28.8 Å².